The van der Waals surface area contributed by atoms with Gasteiger partial charge < -0.3 is 5.11 Å². The van der Waals surface area contributed by atoms with Crippen LogP contribution < -0.4 is 0 Å². The van der Waals surface area contributed by atoms with Gasteiger partial charge in [-0.3, -0.25) is 4.79 Å². The number of carbonyl (C=O) groups is 2. The molecule has 0 unspecified atom stereocenters. The normalized spacial score (nSPS) is 11.1. The Morgan fingerprint density at radius 2 is 1.94 bits per heavy atom. The summed E-state index contributed by atoms with van der Waals surface area (Å²) in [6, 6.07) is 5.64. The number of hydrogen-bond acceptors (Lipinski definition) is 3. The van der Waals surface area contributed by atoms with Crippen LogP contribution in [0, 0.1) is 6.92 Å². The zero-order valence-corrected chi connectivity index (χ0v) is 11.5. The van der Waals surface area contributed by atoms with Crippen molar-refractivity contribution in [1.82, 2.24) is 0 Å². The highest BCUT2D eigenvalue weighted by molar-refractivity contribution is 8.00. The number of carboxylic acids is 1. The molecule has 0 aromatic heterocycles. The van der Waals surface area contributed by atoms with E-state index in [0.29, 0.717) is 10.8 Å². The summed E-state index contributed by atoms with van der Waals surface area (Å²) in [5.74, 6) is -1.39. The third-order valence-electron chi connectivity index (χ3n) is 2.14. The standard InChI is InChI=1S/C14H16O3S/c1-9(2)18-13-6-4-10(3)8-11(13)12(15)5-7-14(16)17/h4-9H,1-3H3,(H,16,17)/b7-5+. The van der Waals surface area contributed by atoms with Gasteiger partial charge in [0.1, 0.15) is 0 Å². The lowest BCUT2D eigenvalue weighted by molar-refractivity contribution is -0.131. The number of hydrogen-bond donors (Lipinski definition) is 1. The summed E-state index contributed by atoms with van der Waals surface area (Å²) < 4.78 is 0. The minimum absolute atomic E-state index is 0.274. The molecule has 18 heavy (non-hydrogen) atoms. The molecule has 0 saturated carbocycles. The third-order valence-corrected chi connectivity index (χ3v) is 3.22. The monoisotopic (exact) mass is 264 g/mol. The molecule has 96 valence electrons. The molecule has 0 fully saturated rings. The number of allylic oxidation sites excluding steroid dienone is 1. The van der Waals surface area contributed by atoms with Crippen molar-refractivity contribution in [3.05, 3.63) is 41.5 Å². The van der Waals surface area contributed by atoms with E-state index in [-0.39, 0.29) is 5.78 Å². The van der Waals surface area contributed by atoms with Gasteiger partial charge in [0.25, 0.3) is 0 Å². The molecule has 0 heterocycles. The molecule has 0 aliphatic heterocycles. The second-order valence-corrected chi connectivity index (χ2v) is 5.82. The third kappa shape index (κ3) is 4.37. The Kier molecular flexibility index (Phi) is 5.16. The summed E-state index contributed by atoms with van der Waals surface area (Å²) in [6.45, 7) is 6.00. The Morgan fingerprint density at radius 1 is 1.28 bits per heavy atom. The fourth-order valence-corrected chi connectivity index (χ4v) is 2.37. The maximum absolute atomic E-state index is 11.9. The van der Waals surface area contributed by atoms with Crippen LogP contribution in [0.2, 0.25) is 0 Å². The Morgan fingerprint density at radius 3 is 2.50 bits per heavy atom. The van der Waals surface area contributed by atoms with E-state index >= 15 is 0 Å². The van der Waals surface area contributed by atoms with Gasteiger partial charge in [0.05, 0.1) is 0 Å². The molecule has 0 amide bonds. The van der Waals surface area contributed by atoms with Crippen molar-refractivity contribution in [3.63, 3.8) is 0 Å². The average Bonchev–Trinajstić information content (AvgIpc) is 2.27. The van der Waals surface area contributed by atoms with Crippen molar-refractivity contribution >= 4 is 23.5 Å². The average molecular weight is 264 g/mol. The molecule has 0 aliphatic carbocycles. The lowest BCUT2D eigenvalue weighted by Crippen LogP contribution is -2.01. The molecule has 1 aromatic carbocycles. The van der Waals surface area contributed by atoms with Crippen molar-refractivity contribution < 1.29 is 14.7 Å². The number of aliphatic carboxylic acids is 1. The molecule has 3 nitrogen and oxygen atoms in total. The first-order chi connectivity index (χ1) is 8.40. The molecule has 0 saturated heterocycles. The van der Waals surface area contributed by atoms with E-state index in [2.05, 4.69) is 0 Å². The van der Waals surface area contributed by atoms with Crippen LogP contribution in [0.1, 0.15) is 29.8 Å². The van der Waals surface area contributed by atoms with Crippen LogP contribution in [0.15, 0.2) is 35.2 Å². The highest BCUT2D eigenvalue weighted by Crippen LogP contribution is 2.28. The summed E-state index contributed by atoms with van der Waals surface area (Å²) in [5.41, 5.74) is 1.54. The number of ketones is 1. The predicted molar refractivity (Wildman–Crippen MR) is 73.3 cm³/mol. The number of benzene rings is 1. The van der Waals surface area contributed by atoms with Gasteiger partial charge in [0, 0.05) is 21.8 Å². The van der Waals surface area contributed by atoms with Crippen molar-refractivity contribution in [2.24, 2.45) is 0 Å². The second kappa shape index (κ2) is 6.40. The number of carbonyl (C=O) groups excluding carboxylic acids is 1. The highest BCUT2D eigenvalue weighted by atomic mass is 32.2. The van der Waals surface area contributed by atoms with Crippen molar-refractivity contribution in [3.8, 4) is 0 Å². The smallest absolute Gasteiger partial charge is 0.328 e. The second-order valence-electron chi connectivity index (χ2n) is 4.20. The van der Waals surface area contributed by atoms with Gasteiger partial charge in [0.15, 0.2) is 5.78 Å². The topological polar surface area (TPSA) is 54.4 Å². The first-order valence-corrected chi connectivity index (χ1v) is 6.50. The van der Waals surface area contributed by atoms with Crippen molar-refractivity contribution in [1.29, 1.82) is 0 Å². The quantitative estimate of drug-likeness (QED) is 0.503. The number of rotatable bonds is 5. The zero-order chi connectivity index (χ0) is 13.7. The Bertz CT molecular complexity index is 490. The molecule has 0 spiro atoms. The zero-order valence-electron chi connectivity index (χ0n) is 10.6. The van der Waals surface area contributed by atoms with E-state index in [4.69, 9.17) is 5.11 Å². The van der Waals surface area contributed by atoms with Gasteiger partial charge in [-0.05, 0) is 25.1 Å². The van der Waals surface area contributed by atoms with Crippen LogP contribution in [-0.2, 0) is 4.79 Å². The Balaban J connectivity index is 3.08. The van der Waals surface area contributed by atoms with E-state index in [0.717, 1.165) is 22.6 Å². The number of thioether (sulfide) groups is 1. The minimum Gasteiger partial charge on any atom is -0.478 e. The minimum atomic E-state index is -1.12. The molecule has 0 radical (unpaired) electrons. The highest BCUT2D eigenvalue weighted by Gasteiger charge is 2.11. The van der Waals surface area contributed by atoms with Crippen molar-refractivity contribution in [2.45, 2.75) is 30.9 Å². The number of aryl methyl sites for hydroxylation is 1. The molecular formula is C14H16O3S. The summed E-state index contributed by atoms with van der Waals surface area (Å²) in [5, 5.41) is 8.90. The molecule has 4 heteroatoms. The molecule has 0 bridgehead atoms. The van der Waals surface area contributed by atoms with Crippen LogP contribution in [0.25, 0.3) is 0 Å². The van der Waals surface area contributed by atoms with Crippen LogP contribution >= 0.6 is 11.8 Å². The van der Waals surface area contributed by atoms with Gasteiger partial charge in [-0.25, -0.2) is 4.79 Å². The van der Waals surface area contributed by atoms with E-state index in [1.807, 2.05) is 32.9 Å². The predicted octanol–water partition coefficient (Wildman–Crippen LogP) is 3.32. The van der Waals surface area contributed by atoms with Gasteiger partial charge in [-0.15, -0.1) is 11.8 Å². The summed E-state index contributed by atoms with van der Waals surface area (Å²) in [7, 11) is 0. The van der Waals surface area contributed by atoms with Crippen LogP contribution in [0.3, 0.4) is 0 Å². The molecule has 1 N–H and O–H groups in total. The summed E-state index contributed by atoms with van der Waals surface area (Å²) in [6.07, 6.45) is 1.97. The van der Waals surface area contributed by atoms with Gasteiger partial charge in [-0.2, -0.15) is 0 Å². The molecule has 1 rings (SSSR count). The van der Waals surface area contributed by atoms with Crippen LogP contribution in [0.5, 0.6) is 0 Å². The molecular weight excluding hydrogens is 248 g/mol. The number of carboxylic acid groups (broad SMARTS) is 1. The van der Waals surface area contributed by atoms with Gasteiger partial charge in [-0.1, -0.05) is 25.5 Å². The van der Waals surface area contributed by atoms with Crippen LogP contribution in [-0.4, -0.2) is 22.1 Å². The Labute approximate surface area is 111 Å². The summed E-state index contributed by atoms with van der Waals surface area (Å²) >= 11 is 1.59. The van der Waals surface area contributed by atoms with Crippen molar-refractivity contribution in [2.75, 3.05) is 0 Å². The SMILES string of the molecule is Cc1ccc(SC(C)C)c(C(=O)/C=C/C(=O)O)c1. The fourth-order valence-electron chi connectivity index (χ4n) is 1.43. The Hall–Kier alpha value is -1.55. The van der Waals surface area contributed by atoms with E-state index in [1.54, 1.807) is 17.8 Å². The first-order valence-electron chi connectivity index (χ1n) is 5.63. The maximum Gasteiger partial charge on any atom is 0.328 e. The van der Waals surface area contributed by atoms with Gasteiger partial charge in [0.2, 0.25) is 0 Å². The molecule has 0 atom stereocenters. The lowest BCUT2D eigenvalue weighted by Gasteiger charge is -2.10. The fraction of sp³-hybridized carbons (Fsp3) is 0.286. The molecule has 1 aromatic rings. The van der Waals surface area contributed by atoms with E-state index in [1.165, 1.54) is 0 Å². The van der Waals surface area contributed by atoms with Gasteiger partial charge >= 0.3 is 5.97 Å². The maximum atomic E-state index is 11.9. The lowest BCUT2D eigenvalue weighted by atomic mass is 10.1. The van der Waals surface area contributed by atoms with E-state index in [9.17, 15) is 9.59 Å². The largest absolute Gasteiger partial charge is 0.478 e. The molecule has 0 aliphatic rings. The summed E-state index contributed by atoms with van der Waals surface area (Å²) in [4.78, 5) is 23.2. The van der Waals surface area contributed by atoms with E-state index < -0.39 is 5.97 Å². The first kappa shape index (κ1) is 14.5. The van der Waals surface area contributed by atoms with Crippen LogP contribution in [0.4, 0.5) is 0 Å².